The van der Waals surface area contributed by atoms with E-state index < -0.39 is 11.5 Å². The van der Waals surface area contributed by atoms with Crippen molar-refractivity contribution < 1.29 is 9.90 Å². The molecule has 1 saturated carbocycles. The minimum Gasteiger partial charge on any atom is -0.480 e. The summed E-state index contributed by atoms with van der Waals surface area (Å²) >= 11 is 0. The van der Waals surface area contributed by atoms with Gasteiger partial charge in [-0.3, -0.25) is 9.69 Å². The van der Waals surface area contributed by atoms with E-state index in [1.165, 1.54) is 19.4 Å². The first kappa shape index (κ1) is 16.7. The van der Waals surface area contributed by atoms with Gasteiger partial charge < -0.3 is 15.7 Å². The van der Waals surface area contributed by atoms with E-state index in [1.807, 2.05) is 0 Å². The van der Waals surface area contributed by atoms with Gasteiger partial charge in [0.05, 0.1) is 0 Å². The number of nitrogens with two attached hydrogens (primary N) is 1. The number of hydrogen-bond donors (Lipinski definition) is 2. The van der Waals surface area contributed by atoms with Crippen LogP contribution in [0.1, 0.15) is 45.4 Å². The Bertz CT molecular complexity index is 363. The summed E-state index contributed by atoms with van der Waals surface area (Å²) in [5, 5.41) is 9.36. The fourth-order valence-electron chi connectivity index (χ4n) is 4.13. The van der Waals surface area contributed by atoms with E-state index in [0.717, 1.165) is 38.9 Å². The SMILES string of the molecule is CCN1CCCC1CN(C)CCC1CCCC1(N)C(=O)O. The molecular formula is C16H31N3O2. The van der Waals surface area contributed by atoms with E-state index in [0.29, 0.717) is 12.5 Å². The molecule has 1 saturated heterocycles. The molecule has 1 heterocycles. The van der Waals surface area contributed by atoms with Gasteiger partial charge in [-0.05, 0) is 64.7 Å². The van der Waals surface area contributed by atoms with Crippen molar-refractivity contribution in [3.8, 4) is 0 Å². The second-order valence-corrected chi connectivity index (χ2v) is 6.91. The Kier molecular flexibility index (Phi) is 5.63. The van der Waals surface area contributed by atoms with Crippen LogP contribution in [0.15, 0.2) is 0 Å². The lowest BCUT2D eigenvalue weighted by Crippen LogP contribution is -2.51. The highest BCUT2D eigenvalue weighted by molar-refractivity contribution is 5.79. The van der Waals surface area contributed by atoms with Crippen LogP contribution in [0.25, 0.3) is 0 Å². The standard InChI is InChI=1S/C16H31N3O2/c1-3-19-10-5-7-14(19)12-18(2)11-8-13-6-4-9-16(13,17)15(20)21/h13-14H,3-12,17H2,1-2H3,(H,20,21). The van der Waals surface area contributed by atoms with E-state index in [-0.39, 0.29) is 5.92 Å². The molecule has 3 N–H and O–H groups in total. The zero-order valence-electron chi connectivity index (χ0n) is 13.6. The highest BCUT2D eigenvalue weighted by Crippen LogP contribution is 2.36. The fourth-order valence-corrected chi connectivity index (χ4v) is 4.13. The molecule has 1 aliphatic heterocycles. The van der Waals surface area contributed by atoms with Gasteiger partial charge in [0.15, 0.2) is 0 Å². The number of nitrogens with zero attached hydrogens (tertiary/aromatic N) is 2. The maximum Gasteiger partial charge on any atom is 0.323 e. The molecule has 0 amide bonds. The van der Waals surface area contributed by atoms with Crippen LogP contribution in [0.4, 0.5) is 0 Å². The number of rotatable bonds is 7. The number of likely N-dealkylation sites (N-methyl/N-ethyl adjacent to an activating group) is 2. The van der Waals surface area contributed by atoms with E-state index in [4.69, 9.17) is 5.73 Å². The molecule has 0 aromatic rings. The van der Waals surface area contributed by atoms with Crippen molar-refractivity contribution in [2.75, 3.05) is 33.2 Å². The smallest absolute Gasteiger partial charge is 0.323 e. The molecule has 0 aromatic carbocycles. The summed E-state index contributed by atoms with van der Waals surface area (Å²) in [6, 6.07) is 0.672. The first-order chi connectivity index (χ1) is 9.97. The van der Waals surface area contributed by atoms with Crippen LogP contribution in [-0.2, 0) is 4.79 Å². The minimum absolute atomic E-state index is 0.128. The van der Waals surface area contributed by atoms with Crippen molar-refractivity contribution >= 4 is 5.97 Å². The Morgan fingerprint density at radius 1 is 1.43 bits per heavy atom. The van der Waals surface area contributed by atoms with Gasteiger partial charge in [-0.15, -0.1) is 0 Å². The second kappa shape index (κ2) is 7.07. The number of likely N-dealkylation sites (tertiary alicyclic amines) is 1. The fraction of sp³-hybridized carbons (Fsp3) is 0.938. The van der Waals surface area contributed by atoms with E-state index in [2.05, 4.69) is 23.8 Å². The summed E-state index contributed by atoms with van der Waals surface area (Å²) in [5.74, 6) is -0.691. The molecule has 5 heteroatoms. The Morgan fingerprint density at radius 3 is 2.86 bits per heavy atom. The first-order valence-electron chi connectivity index (χ1n) is 8.42. The maximum absolute atomic E-state index is 11.4. The third kappa shape index (κ3) is 3.76. The molecule has 1 aliphatic carbocycles. The molecule has 2 aliphatic rings. The predicted octanol–water partition coefficient (Wildman–Crippen LogP) is 1.37. The lowest BCUT2D eigenvalue weighted by molar-refractivity contribution is -0.144. The van der Waals surface area contributed by atoms with Gasteiger partial charge in [0.1, 0.15) is 5.54 Å². The van der Waals surface area contributed by atoms with Gasteiger partial charge in [0.2, 0.25) is 0 Å². The summed E-state index contributed by atoms with van der Waals surface area (Å²) in [4.78, 5) is 16.3. The average Bonchev–Trinajstić information content (AvgIpc) is 3.03. The highest BCUT2D eigenvalue weighted by Gasteiger charge is 2.45. The second-order valence-electron chi connectivity index (χ2n) is 6.91. The van der Waals surface area contributed by atoms with Gasteiger partial charge in [-0.1, -0.05) is 13.3 Å². The third-order valence-electron chi connectivity index (χ3n) is 5.56. The Labute approximate surface area is 128 Å². The van der Waals surface area contributed by atoms with Gasteiger partial charge >= 0.3 is 5.97 Å². The molecule has 0 spiro atoms. The molecule has 3 atom stereocenters. The molecular weight excluding hydrogens is 266 g/mol. The van der Waals surface area contributed by atoms with Crippen LogP contribution in [0.2, 0.25) is 0 Å². The molecule has 2 fully saturated rings. The van der Waals surface area contributed by atoms with Crippen molar-refractivity contribution in [1.29, 1.82) is 0 Å². The molecule has 0 radical (unpaired) electrons. The summed E-state index contributed by atoms with van der Waals surface area (Å²) < 4.78 is 0. The van der Waals surface area contributed by atoms with Gasteiger partial charge in [-0.2, -0.15) is 0 Å². The summed E-state index contributed by atoms with van der Waals surface area (Å²) in [6.07, 6.45) is 6.03. The normalized spacial score (nSPS) is 33.9. The molecule has 21 heavy (non-hydrogen) atoms. The largest absolute Gasteiger partial charge is 0.480 e. The Balaban J connectivity index is 1.78. The van der Waals surface area contributed by atoms with Crippen LogP contribution < -0.4 is 5.73 Å². The molecule has 3 unspecified atom stereocenters. The van der Waals surface area contributed by atoms with Crippen LogP contribution in [0.5, 0.6) is 0 Å². The zero-order valence-corrected chi connectivity index (χ0v) is 13.6. The van der Waals surface area contributed by atoms with E-state index in [1.54, 1.807) is 0 Å². The lowest BCUT2D eigenvalue weighted by atomic mass is 9.85. The predicted molar refractivity (Wildman–Crippen MR) is 84.3 cm³/mol. The topological polar surface area (TPSA) is 69.8 Å². The van der Waals surface area contributed by atoms with Crippen molar-refractivity contribution in [2.45, 2.75) is 57.0 Å². The van der Waals surface area contributed by atoms with Crippen molar-refractivity contribution in [1.82, 2.24) is 9.80 Å². The van der Waals surface area contributed by atoms with E-state index >= 15 is 0 Å². The number of carbonyl (C=O) groups is 1. The number of carboxylic acids is 1. The summed E-state index contributed by atoms with van der Waals surface area (Å²) in [5.41, 5.74) is 5.13. The first-order valence-corrected chi connectivity index (χ1v) is 8.42. The van der Waals surface area contributed by atoms with Crippen molar-refractivity contribution in [3.05, 3.63) is 0 Å². The molecule has 5 nitrogen and oxygen atoms in total. The Morgan fingerprint density at radius 2 is 2.19 bits per heavy atom. The lowest BCUT2D eigenvalue weighted by Gasteiger charge is -2.31. The van der Waals surface area contributed by atoms with Crippen LogP contribution in [0, 0.1) is 5.92 Å². The summed E-state index contributed by atoms with van der Waals surface area (Å²) in [6.45, 7) is 6.62. The van der Waals surface area contributed by atoms with Crippen molar-refractivity contribution in [3.63, 3.8) is 0 Å². The summed E-state index contributed by atoms with van der Waals surface area (Å²) in [7, 11) is 2.15. The monoisotopic (exact) mass is 297 g/mol. The molecule has 0 bridgehead atoms. The van der Waals surface area contributed by atoms with Gasteiger partial charge in [0, 0.05) is 12.6 Å². The van der Waals surface area contributed by atoms with Gasteiger partial charge in [0.25, 0.3) is 0 Å². The van der Waals surface area contributed by atoms with E-state index in [9.17, 15) is 9.90 Å². The van der Waals surface area contributed by atoms with Crippen LogP contribution in [0.3, 0.4) is 0 Å². The van der Waals surface area contributed by atoms with Crippen LogP contribution in [-0.4, -0.2) is 65.7 Å². The number of carboxylic acid groups (broad SMARTS) is 1. The Hall–Kier alpha value is -0.650. The number of hydrogen-bond acceptors (Lipinski definition) is 4. The maximum atomic E-state index is 11.4. The zero-order chi connectivity index (χ0) is 15.5. The van der Waals surface area contributed by atoms with Gasteiger partial charge in [-0.25, -0.2) is 0 Å². The molecule has 122 valence electrons. The van der Waals surface area contributed by atoms with Crippen LogP contribution >= 0.6 is 0 Å². The third-order valence-corrected chi connectivity index (χ3v) is 5.56. The minimum atomic E-state index is -0.982. The number of aliphatic carboxylic acids is 1. The molecule has 2 rings (SSSR count). The highest BCUT2D eigenvalue weighted by atomic mass is 16.4. The quantitative estimate of drug-likeness (QED) is 0.743. The van der Waals surface area contributed by atoms with Crippen molar-refractivity contribution in [2.24, 2.45) is 11.7 Å². The average molecular weight is 297 g/mol. The molecule has 0 aromatic heterocycles.